The Morgan fingerprint density at radius 1 is 1.12 bits per heavy atom. The number of carboxylic acid groups (broad SMARTS) is 1. The van der Waals surface area contributed by atoms with Crippen LogP contribution in [-0.2, 0) is 9.59 Å². The van der Waals surface area contributed by atoms with E-state index in [-0.39, 0.29) is 18.4 Å². The van der Waals surface area contributed by atoms with Crippen molar-refractivity contribution in [1.82, 2.24) is 9.80 Å². The molecule has 2 aliphatic rings. The quantitative estimate of drug-likeness (QED) is 0.779. The second-order valence-electron chi connectivity index (χ2n) is 4.95. The lowest BCUT2D eigenvalue weighted by Crippen LogP contribution is -2.50. The van der Waals surface area contributed by atoms with Gasteiger partial charge in [-0.2, -0.15) is 0 Å². The van der Waals surface area contributed by atoms with Crippen molar-refractivity contribution < 1.29 is 14.7 Å². The molecule has 0 aliphatic carbocycles. The van der Waals surface area contributed by atoms with Crippen LogP contribution in [0.25, 0.3) is 0 Å². The van der Waals surface area contributed by atoms with E-state index in [9.17, 15) is 9.59 Å². The zero-order valence-electron chi connectivity index (χ0n) is 10.1. The van der Waals surface area contributed by atoms with E-state index in [2.05, 4.69) is 4.90 Å². The maximum absolute atomic E-state index is 11.9. The smallest absolute Gasteiger partial charge is 0.304 e. The summed E-state index contributed by atoms with van der Waals surface area (Å²) in [7, 11) is 0. The van der Waals surface area contributed by atoms with E-state index in [4.69, 9.17) is 5.11 Å². The van der Waals surface area contributed by atoms with Gasteiger partial charge in [0.1, 0.15) is 0 Å². The lowest BCUT2D eigenvalue weighted by Gasteiger charge is -2.38. The molecular weight excluding hydrogens is 220 g/mol. The molecule has 1 unspecified atom stereocenters. The Morgan fingerprint density at radius 2 is 1.88 bits per heavy atom. The van der Waals surface area contributed by atoms with Gasteiger partial charge in [0.25, 0.3) is 0 Å². The minimum atomic E-state index is -0.765. The van der Waals surface area contributed by atoms with E-state index in [0.29, 0.717) is 6.54 Å². The molecule has 2 saturated heterocycles. The summed E-state index contributed by atoms with van der Waals surface area (Å²) in [6.45, 7) is 3.00. The second-order valence-corrected chi connectivity index (χ2v) is 4.95. The maximum Gasteiger partial charge on any atom is 0.304 e. The molecule has 5 nitrogen and oxygen atoms in total. The molecule has 2 aliphatic heterocycles. The van der Waals surface area contributed by atoms with Crippen LogP contribution in [0.3, 0.4) is 0 Å². The summed E-state index contributed by atoms with van der Waals surface area (Å²) in [5.74, 6) is -0.605. The SMILES string of the molecule is O=C(O)CC1CCCCN1CC(=O)N1CCC1. The lowest BCUT2D eigenvalue weighted by atomic mass is 9.99. The molecular formula is C12H20N2O3. The summed E-state index contributed by atoms with van der Waals surface area (Å²) in [5.41, 5.74) is 0. The molecule has 1 atom stereocenters. The molecule has 2 heterocycles. The fourth-order valence-electron chi connectivity index (χ4n) is 2.54. The number of nitrogens with zero attached hydrogens (tertiary/aromatic N) is 2. The molecule has 5 heteroatoms. The van der Waals surface area contributed by atoms with Crippen LogP contribution in [0.5, 0.6) is 0 Å². The minimum absolute atomic E-state index is 0.0477. The number of carbonyl (C=O) groups excluding carboxylic acids is 1. The summed E-state index contributed by atoms with van der Waals surface area (Å²) in [6.07, 6.45) is 4.31. The molecule has 0 aromatic carbocycles. The number of piperidine rings is 1. The summed E-state index contributed by atoms with van der Waals surface area (Å²) >= 11 is 0. The van der Waals surface area contributed by atoms with E-state index in [1.54, 1.807) is 0 Å². The molecule has 0 radical (unpaired) electrons. The third-order valence-corrected chi connectivity index (χ3v) is 3.71. The van der Waals surface area contributed by atoms with E-state index in [1.165, 1.54) is 0 Å². The molecule has 0 saturated carbocycles. The first-order valence-electron chi connectivity index (χ1n) is 6.40. The van der Waals surface area contributed by atoms with Crippen molar-refractivity contribution in [2.45, 2.75) is 38.1 Å². The topological polar surface area (TPSA) is 60.9 Å². The number of hydrogen-bond acceptors (Lipinski definition) is 3. The number of likely N-dealkylation sites (tertiary alicyclic amines) is 2. The summed E-state index contributed by atoms with van der Waals surface area (Å²) in [4.78, 5) is 26.5. The highest BCUT2D eigenvalue weighted by Crippen LogP contribution is 2.20. The zero-order valence-corrected chi connectivity index (χ0v) is 10.1. The minimum Gasteiger partial charge on any atom is -0.481 e. The Balaban J connectivity index is 1.86. The van der Waals surface area contributed by atoms with E-state index >= 15 is 0 Å². The van der Waals surface area contributed by atoms with Crippen LogP contribution in [-0.4, -0.2) is 59.0 Å². The largest absolute Gasteiger partial charge is 0.481 e. The Kier molecular flexibility index (Phi) is 3.99. The van der Waals surface area contributed by atoms with Gasteiger partial charge in [-0.1, -0.05) is 6.42 Å². The van der Waals surface area contributed by atoms with Gasteiger partial charge < -0.3 is 10.0 Å². The average molecular weight is 240 g/mol. The third kappa shape index (κ3) is 3.19. The number of carbonyl (C=O) groups is 2. The Morgan fingerprint density at radius 3 is 2.47 bits per heavy atom. The lowest BCUT2D eigenvalue weighted by molar-refractivity contribution is -0.141. The van der Waals surface area contributed by atoms with Gasteiger partial charge in [-0.3, -0.25) is 14.5 Å². The fraction of sp³-hybridized carbons (Fsp3) is 0.833. The number of aliphatic carboxylic acids is 1. The molecule has 2 fully saturated rings. The van der Waals surface area contributed by atoms with E-state index in [1.807, 2.05) is 4.90 Å². The Labute approximate surface area is 101 Å². The fourth-order valence-corrected chi connectivity index (χ4v) is 2.54. The van der Waals surface area contributed by atoms with Crippen molar-refractivity contribution in [1.29, 1.82) is 0 Å². The predicted octanol–water partition coefficient (Wildman–Crippen LogP) is 0.548. The van der Waals surface area contributed by atoms with Gasteiger partial charge >= 0.3 is 5.97 Å². The molecule has 2 rings (SSSR count). The molecule has 17 heavy (non-hydrogen) atoms. The van der Waals surface area contributed by atoms with Crippen LogP contribution in [0, 0.1) is 0 Å². The highest BCUT2D eigenvalue weighted by Gasteiger charge is 2.29. The van der Waals surface area contributed by atoms with Crippen molar-refractivity contribution >= 4 is 11.9 Å². The Bertz CT molecular complexity index is 302. The summed E-state index contributed by atoms with van der Waals surface area (Å²) in [5, 5.41) is 8.86. The van der Waals surface area contributed by atoms with Crippen LogP contribution in [0.4, 0.5) is 0 Å². The van der Waals surface area contributed by atoms with Gasteiger partial charge in [0.2, 0.25) is 5.91 Å². The number of rotatable bonds is 4. The van der Waals surface area contributed by atoms with Crippen molar-refractivity contribution in [3.63, 3.8) is 0 Å². The van der Waals surface area contributed by atoms with Crippen LogP contribution in [0.15, 0.2) is 0 Å². The monoisotopic (exact) mass is 240 g/mol. The number of amides is 1. The van der Waals surface area contributed by atoms with Crippen molar-refractivity contribution in [3.8, 4) is 0 Å². The molecule has 96 valence electrons. The molecule has 0 aromatic rings. The van der Waals surface area contributed by atoms with Gasteiger partial charge in [0.05, 0.1) is 13.0 Å². The first kappa shape index (κ1) is 12.4. The molecule has 1 amide bonds. The van der Waals surface area contributed by atoms with Gasteiger partial charge in [0, 0.05) is 19.1 Å². The van der Waals surface area contributed by atoms with E-state index in [0.717, 1.165) is 45.3 Å². The molecule has 0 spiro atoms. The molecule has 0 aromatic heterocycles. The first-order valence-corrected chi connectivity index (χ1v) is 6.40. The average Bonchev–Trinajstić information content (AvgIpc) is 2.17. The normalized spacial score (nSPS) is 25.4. The predicted molar refractivity (Wildman–Crippen MR) is 62.7 cm³/mol. The third-order valence-electron chi connectivity index (χ3n) is 3.71. The second kappa shape index (κ2) is 5.49. The van der Waals surface area contributed by atoms with Gasteiger partial charge in [-0.05, 0) is 25.8 Å². The molecule has 1 N–H and O–H groups in total. The standard InChI is InChI=1S/C12H20N2O3/c15-11(13-6-3-7-13)9-14-5-2-1-4-10(14)8-12(16)17/h10H,1-9H2,(H,16,17). The zero-order chi connectivity index (χ0) is 12.3. The summed E-state index contributed by atoms with van der Waals surface area (Å²) < 4.78 is 0. The van der Waals surface area contributed by atoms with Gasteiger partial charge in [-0.25, -0.2) is 0 Å². The highest BCUT2D eigenvalue weighted by molar-refractivity contribution is 5.79. The van der Waals surface area contributed by atoms with Crippen molar-refractivity contribution in [3.05, 3.63) is 0 Å². The number of carboxylic acids is 1. The van der Waals surface area contributed by atoms with Crippen LogP contribution < -0.4 is 0 Å². The van der Waals surface area contributed by atoms with Crippen LogP contribution in [0.2, 0.25) is 0 Å². The van der Waals surface area contributed by atoms with Crippen molar-refractivity contribution in [2.75, 3.05) is 26.2 Å². The summed E-state index contributed by atoms with van der Waals surface area (Å²) in [6, 6.07) is 0.0477. The highest BCUT2D eigenvalue weighted by atomic mass is 16.4. The Hall–Kier alpha value is -1.10. The van der Waals surface area contributed by atoms with Crippen molar-refractivity contribution in [2.24, 2.45) is 0 Å². The van der Waals surface area contributed by atoms with Crippen LogP contribution >= 0.6 is 0 Å². The van der Waals surface area contributed by atoms with E-state index < -0.39 is 5.97 Å². The van der Waals surface area contributed by atoms with Gasteiger partial charge in [0.15, 0.2) is 0 Å². The number of hydrogen-bond donors (Lipinski definition) is 1. The first-order chi connectivity index (χ1) is 8.16. The van der Waals surface area contributed by atoms with Gasteiger partial charge in [-0.15, -0.1) is 0 Å². The van der Waals surface area contributed by atoms with Crippen LogP contribution in [0.1, 0.15) is 32.1 Å². The molecule has 0 bridgehead atoms. The maximum atomic E-state index is 11.9.